The van der Waals surface area contributed by atoms with E-state index in [1.165, 1.54) is 11.8 Å². The highest BCUT2D eigenvalue weighted by atomic mass is 35.5. The van der Waals surface area contributed by atoms with Crippen molar-refractivity contribution >= 4 is 40.9 Å². The average Bonchev–Trinajstić information content (AvgIpc) is 2.55. The van der Waals surface area contributed by atoms with Crippen molar-refractivity contribution in [3.05, 3.63) is 59.1 Å². The number of rotatable bonds is 5. The predicted molar refractivity (Wildman–Crippen MR) is 109 cm³/mol. The van der Waals surface area contributed by atoms with Crippen LogP contribution in [0.2, 0.25) is 5.02 Å². The standard InChI is InChI=1S/C20H23ClN2O2S/c1-13(26-15-11-9-14(21)10-12-15)18(24)22-17-8-6-5-7-16(17)19(25)23-20(2,3)4/h5-13H,1-4H3,(H,22,24)(H,23,25). The highest BCUT2D eigenvalue weighted by Gasteiger charge is 2.20. The molecule has 0 aromatic heterocycles. The lowest BCUT2D eigenvalue weighted by atomic mass is 10.1. The second kappa shape index (κ2) is 8.60. The Bertz CT molecular complexity index is 785. The topological polar surface area (TPSA) is 58.2 Å². The molecular weight excluding hydrogens is 368 g/mol. The molecule has 0 saturated heterocycles. The lowest BCUT2D eigenvalue weighted by Gasteiger charge is -2.22. The Kier molecular flexibility index (Phi) is 6.73. The van der Waals surface area contributed by atoms with Crippen LogP contribution in [0.15, 0.2) is 53.4 Å². The first-order valence-electron chi connectivity index (χ1n) is 8.30. The van der Waals surface area contributed by atoms with Crippen molar-refractivity contribution in [1.29, 1.82) is 0 Å². The molecule has 0 heterocycles. The Morgan fingerprint density at radius 1 is 1.04 bits per heavy atom. The fourth-order valence-corrected chi connectivity index (χ4v) is 3.20. The largest absolute Gasteiger partial charge is 0.347 e. The zero-order chi connectivity index (χ0) is 19.3. The van der Waals surface area contributed by atoms with Crippen LogP contribution in [0.4, 0.5) is 5.69 Å². The molecule has 2 amide bonds. The van der Waals surface area contributed by atoms with Crippen molar-refractivity contribution in [3.63, 3.8) is 0 Å². The third kappa shape index (κ3) is 6.07. The van der Waals surface area contributed by atoms with Gasteiger partial charge < -0.3 is 10.6 Å². The Morgan fingerprint density at radius 2 is 1.65 bits per heavy atom. The molecule has 1 unspecified atom stereocenters. The van der Waals surface area contributed by atoms with Gasteiger partial charge >= 0.3 is 0 Å². The summed E-state index contributed by atoms with van der Waals surface area (Å²) >= 11 is 7.32. The van der Waals surface area contributed by atoms with Crippen molar-refractivity contribution < 1.29 is 9.59 Å². The molecule has 2 aromatic rings. The van der Waals surface area contributed by atoms with E-state index in [9.17, 15) is 9.59 Å². The summed E-state index contributed by atoms with van der Waals surface area (Å²) in [4.78, 5) is 26.0. The summed E-state index contributed by atoms with van der Waals surface area (Å²) in [6.07, 6.45) is 0. The van der Waals surface area contributed by atoms with Gasteiger partial charge in [-0.3, -0.25) is 9.59 Å². The van der Waals surface area contributed by atoms with Crippen LogP contribution < -0.4 is 10.6 Å². The van der Waals surface area contributed by atoms with Gasteiger partial charge in [-0.15, -0.1) is 11.8 Å². The quantitative estimate of drug-likeness (QED) is 0.707. The minimum atomic E-state index is -0.355. The van der Waals surface area contributed by atoms with Gasteiger partial charge in [0.15, 0.2) is 0 Å². The number of para-hydroxylation sites is 1. The normalized spacial score (nSPS) is 12.3. The summed E-state index contributed by atoms with van der Waals surface area (Å²) < 4.78 is 0. The summed E-state index contributed by atoms with van der Waals surface area (Å²) in [5.41, 5.74) is 0.591. The molecule has 0 spiro atoms. The van der Waals surface area contributed by atoms with Crippen LogP contribution in [0.5, 0.6) is 0 Å². The van der Waals surface area contributed by atoms with E-state index >= 15 is 0 Å². The molecule has 26 heavy (non-hydrogen) atoms. The maximum Gasteiger partial charge on any atom is 0.253 e. The van der Waals surface area contributed by atoms with Crippen LogP contribution in [-0.2, 0) is 4.79 Å². The monoisotopic (exact) mass is 390 g/mol. The van der Waals surface area contributed by atoms with Gasteiger partial charge in [0.1, 0.15) is 0 Å². The van der Waals surface area contributed by atoms with Crippen LogP contribution in [0, 0.1) is 0 Å². The molecule has 2 aromatic carbocycles. The highest BCUT2D eigenvalue weighted by Crippen LogP contribution is 2.26. The smallest absolute Gasteiger partial charge is 0.253 e. The Balaban J connectivity index is 2.08. The van der Waals surface area contributed by atoms with E-state index in [1.807, 2.05) is 39.8 Å². The van der Waals surface area contributed by atoms with E-state index < -0.39 is 0 Å². The molecule has 2 N–H and O–H groups in total. The van der Waals surface area contributed by atoms with Crippen LogP contribution in [0.3, 0.4) is 0 Å². The maximum absolute atomic E-state index is 12.6. The Morgan fingerprint density at radius 3 is 2.27 bits per heavy atom. The van der Waals surface area contributed by atoms with Gasteiger partial charge in [-0.25, -0.2) is 0 Å². The van der Waals surface area contributed by atoms with Crippen molar-refractivity contribution in [1.82, 2.24) is 5.32 Å². The number of carbonyl (C=O) groups is 2. The molecule has 0 bridgehead atoms. The summed E-state index contributed by atoms with van der Waals surface area (Å²) in [5.74, 6) is -0.382. The SMILES string of the molecule is CC(Sc1ccc(Cl)cc1)C(=O)Nc1ccccc1C(=O)NC(C)(C)C. The molecule has 0 aliphatic heterocycles. The van der Waals surface area contributed by atoms with Crippen molar-refractivity contribution in [3.8, 4) is 0 Å². The maximum atomic E-state index is 12.6. The first-order valence-corrected chi connectivity index (χ1v) is 9.56. The van der Waals surface area contributed by atoms with Crippen LogP contribution in [-0.4, -0.2) is 22.6 Å². The van der Waals surface area contributed by atoms with E-state index in [1.54, 1.807) is 36.4 Å². The number of benzene rings is 2. The minimum absolute atomic E-state index is 0.166. The molecule has 0 saturated carbocycles. The van der Waals surface area contributed by atoms with E-state index in [0.717, 1.165) is 4.90 Å². The number of hydrogen-bond donors (Lipinski definition) is 2. The number of thioether (sulfide) groups is 1. The predicted octanol–water partition coefficient (Wildman–Crippen LogP) is 4.99. The zero-order valence-corrected chi connectivity index (χ0v) is 16.9. The van der Waals surface area contributed by atoms with Gasteiger partial charge in [0.05, 0.1) is 16.5 Å². The third-order valence-electron chi connectivity index (χ3n) is 3.41. The van der Waals surface area contributed by atoms with Gasteiger partial charge in [-0.1, -0.05) is 23.7 Å². The summed E-state index contributed by atoms with van der Waals surface area (Å²) in [5, 5.41) is 6.11. The molecule has 0 aliphatic rings. The van der Waals surface area contributed by atoms with Gasteiger partial charge in [0.2, 0.25) is 5.91 Å². The van der Waals surface area contributed by atoms with Crippen LogP contribution >= 0.6 is 23.4 Å². The van der Waals surface area contributed by atoms with Gasteiger partial charge in [-0.2, -0.15) is 0 Å². The molecule has 0 fully saturated rings. The molecular formula is C20H23ClN2O2S. The lowest BCUT2D eigenvalue weighted by Crippen LogP contribution is -2.41. The van der Waals surface area contributed by atoms with E-state index in [4.69, 9.17) is 11.6 Å². The molecule has 2 rings (SSSR count). The third-order valence-corrected chi connectivity index (χ3v) is 4.78. The lowest BCUT2D eigenvalue weighted by molar-refractivity contribution is -0.115. The first kappa shape index (κ1) is 20.3. The Hall–Kier alpha value is -1.98. The van der Waals surface area contributed by atoms with Crippen LogP contribution in [0.1, 0.15) is 38.1 Å². The van der Waals surface area contributed by atoms with Crippen molar-refractivity contribution in [2.45, 2.75) is 43.4 Å². The van der Waals surface area contributed by atoms with E-state index in [-0.39, 0.29) is 22.6 Å². The van der Waals surface area contributed by atoms with Gasteiger partial charge in [-0.05, 0) is 64.1 Å². The van der Waals surface area contributed by atoms with Gasteiger partial charge in [0, 0.05) is 15.5 Å². The molecule has 0 aliphatic carbocycles. The number of nitrogens with one attached hydrogen (secondary N) is 2. The van der Waals surface area contributed by atoms with E-state index in [0.29, 0.717) is 16.3 Å². The van der Waals surface area contributed by atoms with Crippen molar-refractivity contribution in [2.75, 3.05) is 5.32 Å². The minimum Gasteiger partial charge on any atom is -0.347 e. The fraction of sp³-hybridized carbons (Fsp3) is 0.300. The summed E-state index contributed by atoms with van der Waals surface area (Å²) in [7, 11) is 0. The van der Waals surface area contributed by atoms with Gasteiger partial charge in [0.25, 0.3) is 5.91 Å². The highest BCUT2D eigenvalue weighted by molar-refractivity contribution is 8.00. The fourth-order valence-electron chi connectivity index (χ4n) is 2.20. The Labute approximate surface area is 163 Å². The number of amides is 2. The summed E-state index contributed by atoms with van der Waals surface area (Å²) in [6, 6.07) is 14.3. The van der Waals surface area contributed by atoms with E-state index in [2.05, 4.69) is 10.6 Å². The average molecular weight is 391 g/mol. The number of carbonyl (C=O) groups excluding carboxylic acids is 2. The molecule has 1 atom stereocenters. The first-order chi connectivity index (χ1) is 12.2. The number of anilines is 1. The molecule has 4 nitrogen and oxygen atoms in total. The molecule has 6 heteroatoms. The molecule has 0 radical (unpaired) electrons. The zero-order valence-electron chi connectivity index (χ0n) is 15.3. The second-order valence-electron chi connectivity index (χ2n) is 6.95. The second-order valence-corrected chi connectivity index (χ2v) is 8.80. The molecule has 138 valence electrons. The van der Waals surface area contributed by atoms with Crippen molar-refractivity contribution in [2.24, 2.45) is 0 Å². The number of halogens is 1. The summed E-state index contributed by atoms with van der Waals surface area (Å²) in [6.45, 7) is 7.57. The van der Waals surface area contributed by atoms with Crippen LogP contribution in [0.25, 0.3) is 0 Å². The number of hydrogen-bond acceptors (Lipinski definition) is 3.